The van der Waals surface area contributed by atoms with Gasteiger partial charge in [-0.05, 0) is 35.7 Å². The minimum absolute atomic E-state index is 0. The molecular weight excluding hydrogens is 532 g/mol. The van der Waals surface area contributed by atoms with Crippen LogP contribution in [0, 0.1) is 0 Å². The molecule has 0 spiro atoms. The van der Waals surface area contributed by atoms with Crippen LogP contribution in [0.15, 0.2) is 53.5 Å². The third-order valence-electron chi connectivity index (χ3n) is 5.02. The van der Waals surface area contributed by atoms with E-state index in [1.54, 1.807) is 26.2 Å². The fourth-order valence-electron chi connectivity index (χ4n) is 3.08. The number of hydrogen-bond donors (Lipinski definition) is 3. The van der Waals surface area contributed by atoms with E-state index in [1.807, 2.05) is 32.0 Å². The highest BCUT2D eigenvalue weighted by Gasteiger charge is 2.32. The van der Waals surface area contributed by atoms with Crippen LogP contribution in [0.4, 0.5) is 13.2 Å². The van der Waals surface area contributed by atoms with Gasteiger partial charge in [0.15, 0.2) is 5.96 Å². The van der Waals surface area contributed by atoms with Gasteiger partial charge in [-0.15, -0.1) is 24.0 Å². The zero-order valence-electron chi connectivity index (χ0n) is 18.6. The lowest BCUT2D eigenvalue weighted by Crippen LogP contribution is -2.44. The number of nitrogens with zero attached hydrogens (tertiary/aromatic N) is 1. The second kappa shape index (κ2) is 12.1. The van der Waals surface area contributed by atoms with Crippen molar-refractivity contribution in [2.45, 2.75) is 31.9 Å². The predicted molar refractivity (Wildman–Crippen MR) is 133 cm³/mol. The number of benzene rings is 2. The van der Waals surface area contributed by atoms with E-state index in [-0.39, 0.29) is 29.9 Å². The van der Waals surface area contributed by atoms with Crippen LogP contribution in [0.1, 0.15) is 40.9 Å². The molecule has 1 amide bonds. The molecule has 0 unspecified atom stereocenters. The molecule has 0 aliphatic heterocycles. The fourth-order valence-corrected chi connectivity index (χ4v) is 3.08. The number of rotatable bonds is 7. The molecule has 3 N–H and O–H groups in total. The summed E-state index contributed by atoms with van der Waals surface area (Å²) in [7, 11) is 3.23. The predicted octanol–water partition coefficient (Wildman–Crippen LogP) is 4.37. The van der Waals surface area contributed by atoms with E-state index in [9.17, 15) is 18.0 Å². The summed E-state index contributed by atoms with van der Waals surface area (Å²) in [6, 6.07) is 12.8. The Hall–Kier alpha value is -2.30. The molecule has 0 aromatic heterocycles. The Labute approximate surface area is 204 Å². The van der Waals surface area contributed by atoms with Crippen molar-refractivity contribution in [2.24, 2.45) is 4.99 Å². The van der Waals surface area contributed by atoms with Crippen molar-refractivity contribution < 1.29 is 18.0 Å². The first-order chi connectivity index (χ1) is 14.6. The van der Waals surface area contributed by atoms with Gasteiger partial charge in [0.2, 0.25) is 0 Å². The lowest BCUT2D eigenvalue weighted by molar-refractivity contribution is -0.137. The van der Waals surface area contributed by atoms with E-state index < -0.39 is 17.2 Å². The topological polar surface area (TPSA) is 65.5 Å². The molecule has 176 valence electrons. The molecule has 0 heterocycles. The second-order valence-corrected chi connectivity index (χ2v) is 7.84. The van der Waals surface area contributed by atoms with E-state index in [4.69, 9.17) is 0 Å². The normalized spacial score (nSPS) is 12.0. The number of amides is 1. The van der Waals surface area contributed by atoms with Crippen molar-refractivity contribution >= 4 is 35.8 Å². The highest BCUT2D eigenvalue weighted by atomic mass is 127. The summed E-state index contributed by atoms with van der Waals surface area (Å²) in [4.78, 5) is 15.9. The molecular formula is C23H30F3IN4O. The number of guanidine groups is 1. The lowest BCUT2D eigenvalue weighted by atomic mass is 9.84. The highest BCUT2D eigenvalue weighted by molar-refractivity contribution is 14.0. The smallest absolute Gasteiger partial charge is 0.356 e. The summed E-state index contributed by atoms with van der Waals surface area (Å²) in [6.07, 6.45) is -3.69. The number of aliphatic imine (C=N–C) groups is 1. The Morgan fingerprint density at radius 1 is 1.00 bits per heavy atom. The summed E-state index contributed by atoms with van der Waals surface area (Å²) in [5.41, 5.74) is 1.01. The number of hydrogen-bond acceptors (Lipinski definition) is 2. The van der Waals surface area contributed by atoms with E-state index in [1.165, 1.54) is 12.1 Å². The maximum atomic E-state index is 13.0. The van der Waals surface area contributed by atoms with Crippen molar-refractivity contribution in [3.8, 4) is 0 Å². The molecule has 0 atom stereocenters. The van der Waals surface area contributed by atoms with Crippen LogP contribution < -0.4 is 16.0 Å². The minimum atomic E-state index is -4.37. The molecule has 0 saturated heterocycles. The van der Waals surface area contributed by atoms with Crippen LogP contribution in [0.2, 0.25) is 0 Å². The first-order valence-corrected chi connectivity index (χ1v) is 10.00. The highest BCUT2D eigenvalue weighted by Crippen LogP contribution is 2.32. The van der Waals surface area contributed by atoms with Gasteiger partial charge in [0.25, 0.3) is 5.91 Å². The third-order valence-corrected chi connectivity index (χ3v) is 5.02. The Kier molecular flexibility index (Phi) is 10.5. The third kappa shape index (κ3) is 7.99. The average molecular weight is 562 g/mol. The maximum absolute atomic E-state index is 13.0. The van der Waals surface area contributed by atoms with Crippen LogP contribution >= 0.6 is 24.0 Å². The van der Waals surface area contributed by atoms with E-state index >= 15 is 0 Å². The Balaban J connectivity index is 0.00000512. The largest absolute Gasteiger partial charge is 0.416 e. The molecule has 2 aromatic carbocycles. The molecule has 0 aliphatic carbocycles. The van der Waals surface area contributed by atoms with Gasteiger partial charge in [-0.3, -0.25) is 9.79 Å². The van der Waals surface area contributed by atoms with Crippen molar-refractivity contribution in [2.75, 3.05) is 27.2 Å². The van der Waals surface area contributed by atoms with Gasteiger partial charge in [-0.2, -0.15) is 13.2 Å². The molecule has 0 bridgehead atoms. The molecule has 2 rings (SSSR count). The Morgan fingerprint density at radius 2 is 1.66 bits per heavy atom. The first-order valence-electron chi connectivity index (χ1n) is 10.00. The fraction of sp³-hybridized carbons (Fsp3) is 0.391. The van der Waals surface area contributed by atoms with Gasteiger partial charge in [-0.1, -0.05) is 44.2 Å². The molecule has 9 heteroatoms. The average Bonchev–Trinajstić information content (AvgIpc) is 2.75. The van der Waals surface area contributed by atoms with Crippen LogP contribution in [0.5, 0.6) is 0 Å². The van der Waals surface area contributed by atoms with E-state index in [2.05, 4.69) is 20.9 Å². The van der Waals surface area contributed by atoms with Crippen molar-refractivity contribution in [3.05, 3.63) is 70.8 Å². The number of carbonyl (C=O) groups is 1. The molecule has 5 nitrogen and oxygen atoms in total. The summed E-state index contributed by atoms with van der Waals surface area (Å²) in [6.45, 7) is 4.75. The molecule has 2 aromatic rings. The van der Waals surface area contributed by atoms with Crippen LogP contribution in [-0.4, -0.2) is 39.1 Å². The molecule has 32 heavy (non-hydrogen) atoms. The van der Waals surface area contributed by atoms with Crippen LogP contribution in [0.25, 0.3) is 0 Å². The van der Waals surface area contributed by atoms with E-state index in [0.717, 1.165) is 11.6 Å². The SMILES string of the molecule is CN=C(NCCc1cccc(C(=O)NC)c1)NCC(C)(C)c1cccc(C(F)(F)F)c1.I. The number of carbonyl (C=O) groups excluding carboxylic acids is 1. The summed E-state index contributed by atoms with van der Waals surface area (Å²) in [5, 5.41) is 8.99. The van der Waals surface area contributed by atoms with Crippen LogP contribution in [0.3, 0.4) is 0 Å². The monoisotopic (exact) mass is 562 g/mol. The molecule has 0 aliphatic rings. The minimum Gasteiger partial charge on any atom is -0.356 e. The van der Waals surface area contributed by atoms with E-state index in [0.29, 0.717) is 36.6 Å². The Bertz CT molecular complexity index is 929. The number of alkyl halides is 3. The summed E-state index contributed by atoms with van der Waals surface area (Å²) >= 11 is 0. The van der Waals surface area contributed by atoms with Gasteiger partial charge in [0.1, 0.15) is 0 Å². The van der Waals surface area contributed by atoms with Gasteiger partial charge in [0.05, 0.1) is 5.56 Å². The molecule has 0 saturated carbocycles. The number of halogens is 4. The Morgan fingerprint density at radius 3 is 2.28 bits per heavy atom. The number of nitrogens with one attached hydrogen (secondary N) is 3. The lowest BCUT2D eigenvalue weighted by Gasteiger charge is -2.27. The van der Waals surface area contributed by atoms with Gasteiger partial charge < -0.3 is 16.0 Å². The maximum Gasteiger partial charge on any atom is 0.416 e. The summed E-state index contributed by atoms with van der Waals surface area (Å²) < 4.78 is 39.1. The first kappa shape index (κ1) is 27.7. The van der Waals surface area contributed by atoms with Gasteiger partial charge in [-0.25, -0.2) is 0 Å². The molecule has 0 radical (unpaired) electrons. The quantitative estimate of drug-likeness (QED) is 0.267. The van der Waals surface area contributed by atoms with Crippen molar-refractivity contribution in [1.82, 2.24) is 16.0 Å². The van der Waals surface area contributed by atoms with Crippen LogP contribution in [-0.2, 0) is 18.0 Å². The molecule has 0 fully saturated rings. The van der Waals surface area contributed by atoms with Gasteiger partial charge in [0, 0.05) is 38.2 Å². The van der Waals surface area contributed by atoms with Crippen molar-refractivity contribution in [3.63, 3.8) is 0 Å². The van der Waals surface area contributed by atoms with Crippen molar-refractivity contribution in [1.29, 1.82) is 0 Å². The second-order valence-electron chi connectivity index (χ2n) is 7.84. The zero-order valence-corrected chi connectivity index (χ0v) is 21.0. The summed E-state index contributed by atoms with van der Waals surface area (Å²) in [5.74, 6) is 0.423. The van der Waals surface area contributed by atoms with Gasteiger partial charge >= 0.3 is 6.18 Å². The zero-order chi connectivity index (χ0) is 23.1. The standard InChI is InChI=1S/C23H29F3N4O.HI/c1-22(2,18-9-6-10-19(14-18)23(24,25)26)15-30-21(28-4)29-12-11-16-7-5-8-17(13-16)20(31)27-3;/h5-10,13-14H,11-12,15H2,1-4H3,(H,27,31)(H2,28,29,30);1H.